The van der Waals surface area contributed by atoms with Crippen LogP contribution < -0.4 is 0 Å². The van der Waals surface area contributed by atoms with E-state index in [1.165, 1.54) is 12.1 Å². The number of hydrogen-bond donors (Lipinski definition) is 1. The molecule has 84 valence electrons. The molecule has 1 aromatic heterocycles. The lowest BCUT2D eigenvalue weighted by Crippen LogP contribution is -2.00. The largest absolute Gasteiger partial charge is 0.390 e. The van der Waals surface area contributed by atoms with E-state index in [1.54, 1.807) is 16.9 Å². The summed E-state index contributed by atoms with van der Waals surface area (Å²) in [4.78, 5) is 0. The van der Waals surface area contributed by atoms with Crippen molar-refractivity contribution in [3.05, 3.63) is 46.5 Å². The van der Waals surface area contributed by atoms with Crippen LogP contribution >= 0.6 is 11.6 Å². The quantitative estimate of drug-likeness (QED) is 0.888. The lowest BCUT2D eigenvalue weighted by Gasteiger charge is -2.01. The van der Waals surface area contributed by atoms with Crippen LogP contribution in [0, 0.1) is 5.82 Å². The van der Waals surface area contributed by atoms with E-state index in [9.17, 15) is 4.39 Å². The predicted molar refractivity (Wildman–Crippen MR) is 56.5 cm³/mol. The van der Waals surface area contributed by atoms with Crippen LogP contribution in [-0.4, -0.2) is 20.1 Å². The number of halogens is 2. The Bertz CT molecular complexity index is 501. The molecule has 16 heavy (non-hydrogen) atoms. The fraction of sp³-hybridized carbons (Fsp3) is 0.200. The number of hydrogen-bond acceptors (Lipinski definition) is 3. The van der Waals surface area contributed by atoms with Crippen LogP contribution in [0.2, 0.25) is 5.02 Å². The highest BCUT2D eigenvalue weighted by Gasteiger charge is 2.03. The van der Waals surface area contributed by atoms with Crippen molar-refractivity contribution in [1.29, 1.82) is 0 Å². The number of rotatable bonds is 3. The number of aromatic nitrogens is 3. The fourth-order valence-corrected chi connectivity index (χ4v) is 1.52. The second-order valence-electron chi connectivity index (χ2n) is 3.31. The molecule has 0 saturated carbocycles. The minimum absolute atomic E-state index is 0.0833. The van der Waals surface area contributed by atoms with Gasteiger partial charge in [0.25, 0.3) is 0 Å². The first-order valence-electron chi connectivity index (χ1n) is 4.63. The third kappa shape index (κ3) is 2.37. The standard InChI is InChI=1S/C10H9ClFN3O/c11-9-3-7(1-2-10(9)12)4-15-5-8(6-16)13-14-15/h1-3,5,16H,4,6H2. The van der Waals surface area contributed by atoms with Crippen LogP contribution in [0.4, 0.5) is 4.39 Å². The van der Waals surface area contributed by atoms with Gasteiger partial charge in [-0.1, -0.05) is 22.9 Å². The zero-order valence-corrected chi connectivity index (χ0v) is 9.02. The first-order valence-corrected chi connectivity index (χ1v) is 5.00. The summed E-state index contributed by atoms with van der Waals surface area (Å²) in [5, 5.41) is 16.4. The van der Waals surface area contributed by atoms with Crippen molar-refractivity contribution < 1.29 is 9.50 Å². The third-order valence-corrected chi connectivity index (χ3v) is 2.37. The van der Waals surface area contributed by atoms with Gasteiger partial charge in [0.2, 0.25) is 0 Å². The maximum Gasteiger partial charge on any atom is 0.141 e. The van der Waals surface area contributed by atoms with E-state index < -0.39 is 5.82 Å². The molecule has 1 N–H and O–H groups in total. The lowest BCUT2D eigenvalue weighted by atomic mass is 10.2. The number of aliphatic hydroxyl groups is 1. The molecule has 0 atom stereocenters. The number of benzene rings is 1. The Labute approximate surface area is 96.3 Å². The summed E-state index contributed by atoms with van der Waals surface area (Å²) < 4.78 is 14.4. The van der Waals surface area contributed by atoms with Crippen molar-refractivity contribution in [1.82, 2.24) is 15.0 Å². The molecule has 0 aliphatic carbocycles. The molecule has 2 aromatic rings. The van der Waals surface area contributed by atoms with E-state index in [1.807, 2.05) is 0 Å². The third-order valence-electron chi connectivity index (χ3n) is 2.08. The second kappa shape index (κ2) is 4.59. The summed E-state index contributed by atoms with van der Waals surface area (Å²) in [5.74, 6) is -0.444. The molecule has 0 bridgehead atoms. The molecule has 0 aliphatic rings. The van der Waals surface area contributed by atoms with Crippen molar-refractivity contribution in [3.8, 4) is 0 Å². The summed E-state index contributed by atoms with van der Waals surface area (Å²) in [6.07, 6.45) is 1.62. The van der Waals surface area contributed by atoms with Crippen molar-refractivity contribution in [2.24, 2.45) is 0 Å². The van der Waals surface area contributed by atoms with E-state index in [2.05, 4.69) is 10.3 Å². The van der Waals surface area contributed by atoms with Crippen molar-refractivity contribution >= 4 is 11.6 Å². The van der Waals surface area contributed by atoms with Gasteiger partial charge >= 0.3 is 0 Å². The van der Waals surface area contributed by atoms with Crippen LogP contribution in [0.1, 0.15) is 11.3 Å². The number of nitrogens with zero attached hydrogens (tertiary/aromatic N) is 3. The topological polar surface area (TPSA) is 50.9 Å². The molecule has 0 fully saturated rings. The zero-order valence-electron chi connectivity index (χ0n) is 8.27. The lowest BCUT2D eigenvalue weighted by molar-refractivity contribution is 0.276. The molecular formula is C10H9ClFN3O. The highest BCUT2D eigenvalue weighted by molar-refractivity contribution is 6.30. The van der Waals surface area contributed by atoms with Gasteiger partial charge in [-0.15, -0.1) is 5.10 Å². The molecular weight excluding hydrogens is 233 g/mol. The van der Waals surface area contributed by atoms with Crippen molar-refractivity contribution in [2.75, 3.05) is 0 Å². The van der Waals surface area contributed by atoms with Gasteiger partial charge in [0.05, 0.1) is 24.4 Å². The summed E-state index contributed by atoms with van der Waals surface area (Å²) in [5.41, 5.74) is 1.31. The molecule has 0 saturated heterocycles. The molecule has 1 heterocycles. The van der Waals surface area contributed by atoms with Crippen LogP contribution in [-0.2, 0) is 13.2 Å². The highest BCUT2D eigenvalue weighted by Crippen LogP contribution is 2.16. The van der Waals surface area contributed by atoms with Gasteiger partial charge in [-0.2, -0.15) is 0 Å². The van der Waals surface area contributed by atoms with Gasteiger partial charge < -0.3 is 5.11 Å². The molecule has 0 aliphatic heterocycles. The monoisotopic (exact) mass is 241 g/mol. The molecule has 4 nitrogen and oxygen atoms in total. The average molecular weight is 242 g/mol. The van der Waals surface area contributed by atoms with Gasteiger partial charge in [0.15, 0.2) is 0 Å². The van der Waals surface area contributed by atoms with E-state index in [-0.39, 0.29) is 11.6 Å². The first kappa shape index (κ1) is 11.0. The molecule has 2 rings (SSSR count). The van der Waals surface area contributed by atoms with Gasteiger partial charge in [-0.05, 0) is 17.7 Å². The summed E-state index contributed by atoms with van der Waals surface area (Å²) >= 11 is 5.65. The Kier molecular flexibility index (Phi) is 3.17. The maximum atomic E-state index is 12.9. The molecule has 1 aromatic carbocycles. The maximum absolute atomic E-state index is 12.9. The second-order valence-corrected chi connectivity index (χ2v) is 3.72. The molecule has 0 spiro atoms. The number of aliphatic hydroxyl groups excluding tert-OH is 1. The Morgan fingerprint density at radius 3 is 2.88 bits per heavy atom. The van der Waals surface area contributed by atoms with Gasteiger partial charge in [0, 0.05) is 0 Å². The van der Waals surface area contributed by atoms with E-state index in [0.717, 1.165) is 5.56 Å². The highest BCUT2D eigenvalue weighted by atomic mass is 35.5. The van der Waals surface area contributed by atoms with Crippen LogP contribution in [0.15, 0.2) is 24.4 Å². The smallest absolute Gasteiger partial charge is 0.141 e. The molecule has 0 radical (unpaired) electrons. The summed E-state index contributed by atoms with van der Waals surface area (Å²) in [6.45, 7) is 0.289. The van der Waals surface area contributed by atoms with Crippen molar-refractivity contribution in [3.63, 3.8) is 0 Å². The van der Waals surface area contributed by atoms with E-state index in [4.69, 9.17) is 16.7 Å². The zero-order chi connectivity index (χ0) is 11.5. The molecule has 0 amide bonds. The van der Waals surface area contributed by atoms with E-state index >= 15 is 0 Å². The Morgan fingerprint density at radius 2 is 2.25 bits per heavy atom. The Morgan fingerprint density at radius 1 is 1.44 bits per heavy atom. The van der Waals surface area contributed by atoms with E-state index in [0.29, 0.717) is 12.2 Å². The van der Waals surface area contributed by atoms with Crippen LogP contribution in [0.5, 0.6) is 0 Å². The van der Waals surface area contributed by atoms with Gasteiger partial charge in [0.1, 0.15) is 11.5 Å². The normalized spacial score (nSPS) is 10.7. The molecule has 0 unspecified atom stereocenters. The molecule has 6 heteroatoms. The van der Waals surface area contributed by atoms with Crippen LogP contribution in [0.3, 0.4) is 0 Å². The minimum Gasteiger partial charge on any atom is -0.390 e. The SMILES string of the molecule is OCc1cn(Cc2ccc(F)c(Cl)c2)nn1. The summed E-state index contributed by atoms with van der Waals surface area (Å²) in [6, 6.07) is 4.47. The predicted octanol–water partition coefficient (Wildman–Crippen LogP) is 1.61. The average Bonchev–Trinajstić information content (AvgIpc) is 2.71. The Balaban J connectivity index is 2.17. The van der Waals surface area contributed by atoms with Gasteiger partial charge in [-0.3, -0.25) is 0 Å². The summed E-state index contributed by atoms with van der Waals surface area (Å²) in [7, 11) is 0. The first-order chi connectivity index (χ1) is 7.69. The van der Waals surface area contributed by atoms with Crippen LogP contribution in [0.25, 0.3) is 0 Å². The fourth-order valence-electron chi connectivity index (χ4n) is 1.31. The van der Waals surface area contributed by atoms with Crippen molar-refractivity contribution in [2.45, 2.75) is 13.2 Å². The Hall–Kier alpha value is -1.46. The van der Waals surface area contributed by atoms with Gasteiger partial charge in [-0.25, -0.2) is 9.07 Å². The minimum atomic E-state index is -0.444.